The van der Waals surface area contributed by atoms with Gasteiger partial charge in [-0.2, -0.15) is 0 Å². The van der Waals surface area contributed by atoms with Gasteiger partial charge in [0.15, 0.2) is 5.78 Å². The number of thiophene rings is 1. The molecule has 1 N–H and O–H groups in total. The van der Waals surface area contributed by atoms with E-state index < -0.39 is 0 Å². The quantitative estimate of drug-likeness (QED) is 0.846. The first kappa shape index (κ1) is 10.4. The molecule has 0 radical (unpaired) electrons. The summed E-state index contributed by atoms with van der Waals surface area (Å²) >= 11 is 1.78. The highest BCUT2D eigenvalue weighted by molar-refractivity contribution is 7.09. The molecule has 1 heterocycles. The summed E-state index contributed by atoms with van der Waals surface area (Å²) in [5, 5.41) is 5.49. The van der Waals surface area contributed by atoms with Crippen LogP contribution in [-0.2, 0) is 11.2 Å². The molecule has 3 heteroatoms. The minimum absolute atomic E-state index is 0.251. The minimum atomic E-state index is 0.251. The van der Waals surface area contributed by atoms with E-state index in [1.165, 1.54) is 4.88 Å². The Bertz CT molecular complexity index is 367. The van der Waals surface area contributed by atoms with Gasteiger partial charge in [0.25, 0.3) is 0 Å². The molecule has 0 aromatic carbocycles. The fourth-order valence-electron chi connectivity index (χ4n) is 1.81. The molecule has 80 valence electrons. The molecule has 1 atom stereocenters. The van der Waals surface area contributed by atoms with Crippen LogP contribution < -0.4 is 5.32 Å². The van der Waals surface area contributed by atoms with Gasteiger partial charge in [0, 0.05) is 35.5 Å². The van der Waals surface area contributed by atoms with Crippen LogP contribution in [0.3, 0.4) is 0 Å². The van der Waals surface area contributed by atoms with Crippen molar-refractivity contribution in [2.24, 2.45) is 0 Å². The Morgan fingerprint density at radius 1 is 1.53 bits per heavy atom. The lowest BCUT2D eigenvalue weighted by Gasteiger charge is -2.14. The number of hydrogen-bond donors (Lipinski definition) is 1. The van der Waals surface area contributed by atoms with Crippen LogP contribution in [0.2, 0.25) is 0 Å². The average Bonchev–Trinajstić information content (AvgIpc) is 2.77. The summed E-state index contributed by atoms with van der Waals surface area (Å²) in [6.07, 6.45) is 4.33. The van der Waals surface area contributed by atoms with Crippen molar-refractivity contribution < 1.29 is 4.79 Å². The van der Waals surface area contributed by atoms with E-state index in [0.29, 0.717) is 12.5 Å². The second kappa shape index (κ2) is 4.62. The van der Waals surface area contributed by atoms with Gasteiger partial charge in [-0.15, -0.1) is 11.3 Å². The standard InChI is InChI=1S/C12H15NOS/c1-9(7-12-3-2-6-15-12)13-10-4-5-11(14)8-10/h2-3,6,8-9,13H,4-5,7H2,1H3. The summed E-state index contributed by atoms with van der Waals surface area (Å²) < 4.78 is 0. The molecule has 1 aliphatic rings. The van der Waals surface area contributed by atoms with Crippen molar-refractivity contribution in [3.05, 3.63) is 34.2 Å². The number of allylic oxidation sites excluding steroid dienone is 2. The molecule has 0 aliphatic heterocycles. The summed E-state index contributed by atoms with van der Waals surface area (Å²) in [4.78, 5) is 12.4. The summed E-state index contributed by atoms with van der Waals surface area (Å²) in [6, 6.07) is 4.63. The van der Waals surface area contributed by atoms with E-state index >= 15 is 0 Å². The monoisotopic (exact) mass is 221 g/mol. The zero-order chi connectivity index (χ0) is 10.7. The van der Waals surface area contributed by atoms with E-state index in [9.17, 15) is 4.79 Å². The van der Waals surface area contributed by atoms with Gasteiger partial charge in [0.2, 0.25) is 0 Å². The molecule has 1 aliphatic carbocycles. The molecule has 0 spiro atoms. The molecule has 0 saturated heterocycles. The van der Waals surface area contributed by atoms with Gasteiger partial charge in [-0.3, -0.25) is 4.79 Å². The third kappa shape index (κ3) is 2.93. The Morgan fingerprint density at radius 2 is 2.40 bits per heavy atom. The minimum Gasteiger partial charge on any atom is -0.385 e. The Kier molecular flexibility index (Phi) is 3.21. The molecule has 1 aromatic rings. The lowest BCUT2D eigenvalue weighted by atomic mass is 10.2. The van der Waals surface area contributed by atoms with E-state index in [2.05, 4.69) is 29.8 Å². The van der Waals surface area contributed by atoms with Gasteiger partial charge in [-0.1, -0.05) is 6.07 Å². The normalized spacial score (nSPS) is 17.7. The molecule has 1 aromatic heterocycles. The van der Waals surface area contributed by atoms with Crippen LogP contribution in [0.5, 0.6) is 0 Å². The number of nitrogens with one attached hydrogen (secondary N) is 1. The number of carbonyl (C=O) groups is 1. The van der Waals surface area contributed by atoms with Crippen molar-refractivity contribution >= 4 is 17.1 Å². The highest BCUT2D eigenvalue weighted by atomic mass is 32.1. The lowest BCUT2D eigenvalue weighted by molar-refractivity contribution is -0.114. The van der Waals surface area contributed by atoms with Gasteiger partial charge >= 0.3 is 0 Å². The summed E-state index contributed by atoms with van der Waals surface area (Å²) in [7, 11) is 0. The molecule has 15 heavy (non-hydrogen) atoms. The number of ketones is 1. The van der Waals surface area contributed by atoms with E-state index in [1.54, 1.807) is 17.4 Å². The fraction of sp³-hybridized carbons (Fsp3) is 0.417. The molecule has 0 amide bonds. The van der Waals surface area contributed by atoms with Crippen molar-refractivity contribution in [1.82, 2.24) is 5.32 Å². The van der Waals surface area contributed by atoms with Gasteiger partial charge < -0.3 is 5.32 Å². The van der Waals surface area contributed by atoms with Gasteiger partial charge in [0.05, 0.1) is 0 Å². The van der Waals surface area contributed by atoms with Crippen molar-refractivity contribution in [3.63, 3.8) is 0 Å². The molecule has 0 saturated carbocycles. The Morgan fingerprint density at radius 3 is 3.00 bits per heavy atom. The van der Waals surface area contributed by atoms with Crippen molar-refractivity contribution in [2.45, 2.75) is 32.2 Å². The summed E-state index contributed by atoms with van der Waals surface area (Å²) in [6.45, 7) is 2.16. The summed E-state index contributed by atoms with van der Waals surface area (Å²) in [5.74, 6) is 0.251. The highest BCUT2D eigenvalue weighted by Gasteiger charge is 2.13. The van der Waals surface area contributed by atoms with Crippen LogP contribution in [0.1, 0.15) is 24.6 Å². The average molecular weight is 221 g/mol. The fourth-order valence-corrected chi connectivity index (χ4v) is 2.64. The predicted octanol–water partition coefficient (Wildman–Crippen LogP) is 2.52. The van der Waals surface area contributed by atoms with Crippen molar-refractivity contribution in [3.8, 4) is 0 Å². The Hall–Kier alpha value is -1.09. The Labute approximate surface area is 94.0 Å². The predicted molar refractivity (Wildman–Crippen MR) is 62.9 cm³/mol. The number of carbonyl (C=O) groups excluding carboxylic acids is 1. The zero-order valence-corrected chi connectivity index (χ0v) is 9.64. The second-order valence-corrected chi connectivity index (χ2v) is 5.00. The van der Waals surface area contributed by atoms with E-state index in [-0.39, 0.29) is 5.78 Å². The first-order valence-corrected chi connectivity index (χ1v) is 6.14. The highest BCUT2D eigenvalue weighted by Crippen LogP contribution is 2.15. The molecule has 0 fully saturated rings. The number of rotatable bonds is 4. The van der Waals surface area contributed by atoms with Gasteiger partial charge in [-0.25, -0.2) is 0 Å². The second-order valence-electron chi connectivity index (χ2n) is 3.96. The SMILES string of the molecule is CC(Cc1cccs1)NC1=CC(=O)CC1. The molecule has 2 nitrogen and oxygen atoms in total. The lowest BCUT2D eigenvalue weighted by Crippen LogP contribution is -2.26. The third-order valence-electron chi connectivity index (χ3n) is 2.50. The van der Waals surface area contributed by atoms with Gasteiger partial charge in [0.1, 0.15) is 0 Å². The molecule has 0 bridgehead atoms. The first-order chi connectivity index (χ1) is 7.24. The van der Waals surface area contributed by atoms with Gasteiger partial charge in [-0.05, 0) is 24.8 Å². The van der Waals surface area contributed by atoms with E-state index in [1.807, 2.05) is 0 Å². The smallest absolute Gasteiger partial charge is 0.157 e. The largest absolute Gasteiger partial charge is 0.385 e. The first-order valence-electron chi connectivity index (χ1n) is 5.26. The van der Waals surface area contributed by atoms with E-state index in [0.717, 1.165) is 18.5 Å². The van der Waals surface area contributed by atoms with E-state index in [4.69, 9.17) is 0 Å². The topological polar surface area (TPSA) is 29.1 Å². The van der Waals surface area contributed by atoms with Crippen LogP contribution in [0.15, 0.2) is 29.3 Å². The van der Waals surface area contributed by atoms with Crippen LogP contribution in [-0.4, -0.2) is 11.8 Å². The molecule has 1 unspecified atom stereocenters. The maximum atomic E-state index is 11.0. The molecule has 2 rings (SSSR count). The zero-order valence-electron chi connectivity index (χ0n) is 8.82. The van der Waals surface area contributed by atoms with Crippen LogP contribution in [0, 0.1) is 0 Å². The maximum Gasteiger partial charge on any atom is 0.157 e. The maximum absolute atomic E-state index is 11.0. The Balaban J connectivity index is 1.85. The van der Waals surface area contributed by atoms with Crippen LogP contribution >= 0.6 is 11.3 Å². The molecular formula is C12H15NOS. The molecular weight excluding hydrogens is 206 g/mol. The number of hydrogen-bond acceptors (Lipinski definition) is 3. The third-order valence-corrected chi connectivity index (χ3v) is 3.39. The van der Waals surface area contributed by atoms with Crippen molar-refractivity contribution in [1.29, 1.82) is 0 Å². The van der Waals surface area contributed by atoms with Crippen molar-refractivity contribution in [2.75, 3.05) is 0 Å². The summed E-state index contributed by atoms with van der Waals surface area (Å²) in [5.41, 5.74) is 1.10. The van der Waals surface area contributed by atoms with Crippen LogP contribution in [0.4, 0.5) is 0 Å². The van der Waals surface area contributed by atoms with Crippen LogP contribution in [0.25, 0.3) is 0 Å².